The first-order chi connectivity index (χ1) is 30.3. The van der Waals surface area contributed by atoms with Crippen molar-refractivity contribution in [2.75, 3.05) is 33.3 Å². The van der Waals surface area contributed by atoms with Crippen molar-refractivity contribution in [2.45, 2.75) is 265 Å². The minimum absolute atomic E-state index is 0.0112. The van der Waals surface area contributed by atoms with Crippen molar-refractivity contribution >= 4 is 18.3 Å². The van der Waals surface area contributed by atoms with E-state index in [0.717, 1.165) is 90.3 Å². The van der Waals surface area contributed by atoms with Gasteiger partial charge in [0.05, 0.1) is 6.10 Å². The smallest absolute Gasteiger partial charge is 0.324 e. The maximum Gasteiger partial charge on any atom is 0.324 e. The molecule has 1 aliphatic heterocycles. The summed E-state index contributed by atoms with van der Waals surface area (Å²) in [6, 6.07) is -0.252. The summed E-state index contributed by atoms with van der Waals surface area (Å²) in [5, 5.41) is 8.73. The summed E-state index contributed by atoms with van der Waals surface area (Å²) >= 11 is 0. The molecule has 62 heavy (non-hydrogen) atoms. The third kappa shape index (κ3) is 40.4. The van der Waals surface area contributed by atoms with Crippen molar-refractivity contribution in [3.05, 3.63) is 24.2 Å². The number of nitrogens with zero attached hydrogens (tertiary/aromatic N) is 1. The van der Waals surface area contributed by atoms with Crippen LogP contribution in [-0.4, -0.2) is 68.7 Å². The molecule has 1 unspecified atom stereocenters. The van der Waals surface area contributed by atoms with Crippen LogP contribution in [-0.2, 0) is 19.1 Å². The first-order valence-electron chi connectivity index (χ1n) is 26.4. The van der Waals surface area contributed by atoms with Crippen LogP contribution in [0.5, 0.6) is 0 Å². The average molecular weight is 875 g/mol. The Bertz CT molecular complexity index is 1050. The minimum atomic E-state index is -0.252. The lowest BCUT2D eigenvalue weighted by Gasteiger charge is -2.23. The summed E-state index contributed by atoms with van der Waals surface area (Å²) < 4.78 is 11.4. The second kappa shape index (κ2) is 46.6. The van der Waals surface area contributed by atoms with Gasteiger partial charge in [0, 0.05) is 38.3 Å². The molecule has 0 bridgehead atoms. The lowest BCUT2D eigenvalue weighted by atomic mass is 10.0. The fourth-order valence-corrected chi connectivity index (χ4v) is 8.18. The van der Waals surface area contributed by atoms with Crippen LogP contribution in [0.4, 0.5) is 4.79 Å². The highest BCUT2D eigenvalue weighted by molar-refractivity contribution is 5.79. The molecular formula is C53H102N4O5. The average Bonchev–Trinajstić information content (AvgIpc) is 3.26. The Kier molecular flexibility index (Phi) is 44.8. The topological polar surface area (TPSA) is 109 Å². The van der Waals surface area contributed by atoms with Crippen molar-refractivity contribution in [3.63, 3.8) is 0 Å². The van der Waals surface area contributed by atoms with Crippen molar-refractivity contribution in [2.24, 2.45) is 0 Å². The van der Waals surface area contributed by atoms with Gasteiger partial charge in [0.2, 0.25) is 0 Å². The summed E-state index contributed by atoms with van der Waals surface area (Å²) in [5.41, 5.74) is 0.592. The molecule has 9 nitrogen and oxygen atoms in total. The maximum absolute atomic E-state index is 12.8. The molecule has 1 aliphatic rings. The van der Waals surface area contributed by atoms with E-state index in [1.807, 2.05) is 13.2 Å². The largest absolute Gasteiger partial charge is 0.462 e. The van der Waals surface area contributed by atoms with Gasteiger partial charge in [-0.2, -0.15) is 0 Å². The number of methoxy groups -OCH3 is 1. The summed E-state index contributed by atoms with van der Waals surface area (Å²) in [6.45, 7) is 16.8. The number of aldehydes is 1. The van der Waals surface area contributed by atoms with E-state index < -0.39 is 0 Å². The molecular weight excluding hydrogens is 773 g/mol. The first-order valence-corrected chi connectivity index (χ1v) is 26.4. The number of ether oxygens (including phenoxy) is 2. The van der Waals surface area contributed by atoms with Crippen LogP contribution in [0.2, 0.25) is 0 Å². The van der Waals surface area contributed by atoms with Crippen LogP contribution in [0, 0.1) is 0 Å². The Balaban J connectivity index is 0.00000245. The van der Waals surface area contributed by atoms with Crippen molar-refractivity contribution in [1.82, 2.24) is 20.9 Å². The molecule has 0 saturated carbocycles. The zero-order valence-corrected chi connectivity index (χ0v) is 41.6. The van der Waals surface area contributed by atoms with Crippen LogP contribution in [0.3, 0.4) is 0 Å². The SMILES string of the molecule is C=C1C=C(NCCCN(CCCCCCCC=O)CCCCCCCC(=O)OC(CCCCCCCC)CCCCCCCC)NC(=O)N1.CCCCCCCCC(CC)OC. The Morgan fingerprint density at radius 1 is 0.629 bits per heavy atom. The number of allylic oxidation sites excluding steroid dienone is 1. The summed E-state index contributed by atoms with van der Waals surface area (Å²) in [6.07, 6.45) is 45.0. The van der Waals surface area contributed by atoms with E-state index in [1.54, 1.807) is 0 Å². The van der Waals surface area contributed by atoms with Gasteiger partial charge in [-0.25, -0.2) is 4.79 Å². The van der Waals surface area contributed by atoms with Gasteiger partial charge in [-0.15, -0.1) is 0 Å². The van der Waals surface area contributed by atoms with Gasteiger partial charge in [0.15, 0.2) is 0 Å². The van der Waals surface area contributed by atoms with E-state index in [-0.39, 0.29) is 18.1 Å². The number of rotatable bonds is 45. The van der Waals surface area contributed by atoms with Gasteiger partial charge in [-0.05, 0) is 90.3 Å². The number of nitrogens with one attached hydrogen (secondary N) is 3. The molecule has 0 aromatic heterocycles. The van der Waals surface area contributed by atoms with E-state index in [9.17, 15) is 14.4 Å². The summed E-state index contributed by atoms with van der Waals surface area (Å²) in [5.74, 6) is 0.711. The van der Waals surface area contributed by atoms with Crippen LogP contribution in [0.15, 0.2) is 24.2 Å². The second-order valence-corrected chi connectivity index (χ2v) is 18.1. The summed E-state index contributed by atoms with van der Waals surface area (Å²) in [4.78, 5) is 37.6. The Labute approximate surface area is 383 Å². The van der Waals surface area contributed by atoms with E-state index in [4.69, 9.17) is 9.47 Å². The third-order valence-corrected chi connectivity index (χ3v) is 12.2. The fraction of sp³-hybridized carbons (Fsp3) is 0.868. The normalized spacial score (nSPS) is 13.0. The predicted octanol–water partition coefficient (Wildman–Crippen LogP) is 14.4. The number of unbranched alkanes of at least 4 members (excludes halogenated alkanes) is 24. The summed E-state index contributed by atoms with van der Waals surface area (Å²) in [7, 11) is 1.82. The molecule has 0 saturated heterocycles. The maximum atomic E-state index is 12.8. The fourth-order valence-electron chi connectivity index (χ4n) is 8.18. The Morgan fingerprint density at radius 3 is 1.56 bits per heavy atom. The van der Waals surface area contributed by atoms with Crippen LogP contribution < -0.4 is 16.0 Å². The number of carbonyl (C=O) groups is 3. The van der Waals surface area contributed by atoms with Gasteiger partial charge in [-0.3, -0.25) is 10.1 Å². The van der Waals surface area contributed by atoms with Gasteiger partial charge >= 0.3 is 12.0 Å². The van der Waals surface area contributed by atoms with Gasteiger partial charge in [0.25, 0.3) is 0 Å². The molecule has 0 radical (unpaired) electrons. The molecule has 9 heteroatoms. The number of carbonyl (C=O) groups excluding carboxylic acids is 3. The molecule has 2 amide bonds. The van der Waals surface area contributed by atoms with E-state index in [0.29, 0.717) is 30.5 Å². The number of hydrogen-bond acceptors (Lipinski definition) is 7. The zero-order chi connectivity index (χ0) is 45.6. The monoisotopic (exact) mass is 875 g/mol. The van der Waals surface area contributed by atoms with Gasteiger partial charge < -0.3 is 29.8 Å². The highest BCUT2D eigenvalue weighted by Gasteiger charge is 2.15. The van der Waals surface area contributed by atoms with Crippen molar-refractivity contribution < 1.29 is 23.9 Å². The first kappa shape index (κ1) is 59.6. The lowest BCUT2D eigenvalue weighted by Crippen LogP contribution is -2.42. The van der Waals surface area contributed by atoms with E-state index in [2.05, 4.69) is 55.1 Å². The molecule has 0 spiro atoms. The lowest BCUT2D eigenvalue weighted by molar-refractivity contribution is -0.150. The van der Waals surface area contributed by atoms with Crippen molar-refractivity contribution in [3.8, 4) is 0 Å². The predicted molar refractivity (Wildman–Crippen MR) is 264 cm³/mol. The highest BCUT2D eigenvalue weighted by atomic mass is 16.5. The highest BCUT2D eigenvalue weighted by Crippen LogP contribution is 2.19. The number of hydrogen-bond donors (Lipinski definition) is 3. The van der Waals surface area contributed by atoms with E-state index >= 15 is 0 Å². The molecule has 1 rings (SSSR count). The minimum Gasteiger partial charge on any atom is -0.462 e. The van der Waals surface area contributed by atoms with Gasteiger partial charge in [0.1, 0.15) is 18.2 Å². The van der Waals surface area contributed by atoms with Gasteiger partial charge in [-0.1, -0.05) is 176 Å². The zero-order valence-electron chi connectivity index (χ0n) is 41.6. The van der Waals surface area contributed by atoms with Crippen LogP contribution in [0.1, 0.15) is 252 Å². The molecule has 0 aromatic rings. The Hall–Kier alpha value is -2.39. The molecule has 1 heterocycles. The molecule has 0 aliphatic carbocycles. The number of esters is 1. The van der Waals surface area contributed by atoms with Crippen LogP contribution in [0.25, 0.3) is 0 Å². The van der Waals surface area contributed by atoms with Crippen molar-refractivity contribution in [1.29, 1.82) is 0 Å². The molecule has 3 N–H and O–H groups in total. The molecule has 1 atom stereocenters. The molecule has 0 aromatic carbocycles. The number of amides is 2. The van der Waals surface area contributed by atoms with Crippen LogP contribution >= 0.6 is 0 Å². The molecule has 364 valence electrons. The Morgan fingerprint density at radius 2 is 1.08 bits per heavy atom. The van der Waals surface area contributed by atoms with E-state index in [1.165, 1.54) is 154 Å². The quantitative estimate of drug-likeness (QED) is 0.0318. The molecule has 0 fully saturated rings. The standard InChI is InChI=1S/C41H76N4O4.C12H26O/c1-4-6-8-10-15-21-28-38(29-22-16-11-9-7-5-2)49-40(47)30-23-17-14-19-25-33-45(32-24-18-12-13-20-26-35-46)34-27-31-42-39-36-37(3)43-41(48)44-39;1-4-6-7-8-9-10-11-12(5-2)13-3/h35-36,38,42H,3-34H2,1-2H3,(H2,43,44,48);12H,4-11H2,1-3H3. The number of urea groups is 1. The second-order valence-electron chi connectivity index (χ2n) is 18.1. The third-order valence-electron chi connectivity index (χ3n) is 12.2.